The Kier molecular flexibility index (Phi) is 9.29. The molecule has 3 aromatic heterocycles. The zero-order chi connectivity index (χ0) is 39.3. The first-order valence-corrected chi connectivity index (χ1v) is 19.7. The van der Waals surface area contributed by atoms with Gasteiger partial charge in [0.25, 0.3) is 17.7 Å². The van der Waals surface area contributed by atoms with Crippen molar-refractivity contribution < 1.29 is 28.8 Å². The summed E-state index contributed by atoms with van der Waals surface area (Å²) in [5.41, 5.74) is 3.04. The molecule has 0 radical (unpaired) electrons. The molecule has 17 heteroatoms. The van der Waals surface area contributed by atoms with Crippen molar-refractivity contribution in [2.75, 3.05) is 54.8 Å². The Balaban J connectivity index is 0.762. The van der Waals surface area contributed by atoms with E-state index in [-0.39, 0.29) is 41.3 Å². The van der Waals surface area contributed by atoms with Crippen LogP contribution in [0.1, 0.15) is 89.0 Å². The SMILES string of the molecule is O=C1CCC(N2C(=O)c3cccc(NCCCC(=O)N4CCN(c5ccc(Nc6ncc7cc8n(c7n6)C6(CCCCC6)CNC8=O)nc5)CC4)c3C2=O)C(=O)N1. The smallest absolute Gasteiger partial charge is 0.268 e. The Hall–Kier alpha value is -6.39. The summed E-state index contributed by atoms with van der Waals surface area (Å²) in [4.78, 5) is 95.5. The normalized spacial score (nSPS) is 20.4. The Morgan fingerprint density at radius 2 is 1.75 bits per heavy atom. The minimum Gasteiger partial charge on any atom is -0.384 e. The molecule has 0 bridgehead atoms. The van der Waals surface area contributed by atoms with Crippen molar-refractivity contribution in [2.45, 2.75) is 69.4 Å². The third-order valence-electron chi connectivity index (χ3n) is 11.9. The number of imide groups is 2. The number of benzene rings is 1. The van der Waals surface area contributed by atoms with Gasteiger partial charge in [-0.3, -0.25) is 39.0 Å². The van der Waals surface area contributed by atoms with Gasteiger partial charge < -0.3 is 30.3 Å². The number of fused-ring (bicyclic) bond motifs is 5. The lowest BCUT2D eigenvalue weighted by Gasteiger charge is -2.42. The average molecular weight is 774 g/mol. The summed E-state index contributed by atoms with van der Waals surface area (Å²) in [6, 6.07) is 9.64. The summed E-state index contributed by atoms with van der Waals surface area (Å²) in [6.45, 7) is 3.46. The Morgan fingerprint density at radius 3 is 2.53 bits per heavy atom. The summed E-state index contributed by atoms with van der Waals surface area (Å²) in [7, 11) is 0. The molecule has 1 atom stereocenters. The number of amides is 6. The van der Waals surface area contributed by atoms with Crippen LogP contribution in [0.25, 0.3) is 11.0 Å². The Morgan fingerprint density at radius 1 is 0.930 bits per heavy atom. The number of anilines is 4. The number of nitrogens with zero attached hydrogens (tertiary/aromatic N) is 7. The fourth-order valence-electron chi connectivity index (χ4n) is 8.98. The highest BCUT2D eigenvalue weighted by Gasteiger charge is 2.46. The molecule has 294 valence electrons. The van der Waals surface area contributed by atoms with Gasteiger partial charge in [-0.2, -0.15) is 4.98 Å². The second-order valence-corrected chi connectivity index (χ2v) is 15.4. The average Bonchev–Trinajstić information content (AvgIpc) is 3.74. The molecule has 1 unspecified atom stereocenters. The van der Waals surface area contributed by atoms with Gasteiger partial charge in [-0.25, -0.2) is 9.97 Å². The third-order valence-corrected chi connectivity index (χ3v) is 11.9. The molecule has 3 fully saturated rings. The highest BCUT2D eigenvalue weighted by molar-refractivity contribution is 6.25. The van der Waals surface area contributed by atoms with Gasteiger partial charge in [0, 0.05) is 69.4 Å². The van der Waals surface area contributed by atoms with Gasteiger partial charge in [0.2, 0.25) is 23.7 Å². The maximum absolute atomic E-state index is 13.4. The summed E-state index contributed by atoms with van der Waals surface area (Å²) in [6.07, 6.45) is 9.97. The number of piperidine rings is 1. The molecule has 9 rings (SSSR count). The lowest BCUT2D eigenvalue weighted by atomic mass is 9.80. The number of rotatable bonds is 9. The van der Waals surface area contributed by atoms with Gasteiger partial charge in [-0.1, -0.05) is 25.3 Å². The van der Waals surface area contributed by atoms with E-state index in [0.717, 1.165) is 47.3 Å². The summed E-state index contributed by atoms with van der Waals surface area (Å²) >= 11 is 0. The number of aromatic nitrogens is 4. The number of pyridine rings is 1. The zero-order valence-corrected chi connectivity index (χ0v) is 31.4. The third kappa shape index (κ3) is 6.59. The van der Waals surface area contributed by atoms with Gasteiger partial charge in [-0.15, -0.1) is 0 Å². The quantitative estimate of drug-likeness (QED) is 0.143. The molecule has 4 aliphatic heterocycles. The van der Waals surface area contributed by atoms with Crippen LogP contribution in [0.2, 0.25) is 0 Å². The van der Waals surface area contributed by atoms with Gasteiger partial charge >= 0.3 is 0 Å². The van der Waals surface area contributed by atoms with E-state index in [1.165, 1.54) is 6.42 Å². The van der Waals surface area contributed by atoms with E-state index >= 15 is 0 Å². The van der Waals surface area contributed by atoms with Crippen LogP contribution in [0, 0.1) is 0 Å². The van der Waals surface area contributed by atoms with E-state index in [9.17, 15) is 28.8 Å². The standard InChI is InChI=1S/C40H43N11O6/c52-31-12-10-28(36(55)46-31)50-37(56)26-6-4-7-27(33(26)38(50)57)41-15-5-8-32(53)49-18-16-48(17-19-49)25-9-11-30(42-22-25)45-39-43-21-24-20-29-35(54)44-23-40(13-2-1-3-14-40)51(29)34(24)47-39/h4,6-7,9,11,20-22,28,41H,1-3,5,8,10,12-19,23H2,(H,44,54)(H,46,52,55)(H,42,43,45,47). The van der Waals surface area contributed by atoms with Crippen LogP contribution in [0.15, 0.2) is 48.8 Å². The summed E-state index contributed by atoms with van der Waals surface area (Å²) in [5, 5.41) is 12.6. The number of hydrogen-bond donors (Lipinski definition) is 4. The molecule has 17 nitrogen and oxygen atoms in total. The molecular formula is C40H43N11O6. The predicted molar refractivity (Wildman–Crippen MR) is 208 cm³/mol. The Bertz CT molecular complexity index is 2310. The van der Waals surface area contributed by atoms with E-state index < -0.39 is 29.7 Å². The van der Waals surface area contributed by atoms with Crippen molar-refractivity contribution in [1.29, 1.82) is 0 Å². The minimum atomic E-state index is -1.03. The number of carbonyl (C=O) groups is 6. The molecule has 1 spiro atoms. The van der Waals surface area contributed by atoms with Gasteiger partial charge in [0.15, 0.2) is 0 Å². The van der Waals surface area contributed by atoms with E-state index in [0.29, 0.717) is 75.3 Å². The van der Waals surface area contributed by atoms with Crippen LogP contribution in [0.5, 0.6) is 0 Å². The van der Waals surface area contributed by atoms with Crippen molar-refractivity contribution in [3.63, 3.8) is 0 Å². The first kappa shape index (κ1) is 36.3. The predicted octanol–water partition coefficient (Wildman–Crippen LogP) is 2.91. The lowest BCUT2D eigenvalue weighted by Crippen LogP contribution is -2.54. The zero-order valence-electron chi connectivity index (χ0n) is 31.4. The van der Waals surface area contributed by atoms with Crippen LogP contribution >= 0.6 is 0 Å². The number of hydrogen-bond acceptors (Lipinski definition) is 12. The highest BCUT2D eigenvalue weighted by atomic mass is 16.2. The second kappa shape index (κ2) is 14.6. The van der Waals surface area contributed by atoms with Crippen molar-refractivity contribution in [1.82, 2.24) is 40.0 Å². The highest BCUT2D eigenvalue weighted by Crippen LogP contribution is 2.40. The van der Waals surface area contributed by atoms with E-state index in [1.54, 1.807) is 30.6 Å². The first-order chi connectivity index (χ1) is 27.7. The van der Waals surface area contributed by atoms with Gasteiger partial charge in [0.05, 0.1) is 28.6 Å². The molecular weight excluding hydrogens is 731 g/mol. The molecule has 1 aromatic carbocycles. The van der Waals surface area contributed by atoms with Crippen LogP contribution < -0.4 is 26.2 Å². The number of carbonyl (C=O) groups excluding carboxylic acids is 6. The Labute approximate surface area is 327 Å². The number of nitrogens with one attached hydrogen (secondary N) is 4. The minimum absolute atomic E-state index is 0.0407. The van der Waals surface area contributed by atoms with Crippen molar-refractivity contribution in [3.8, 4) is 0 Å². The van der Waals surface area contributed by atoms with Crippen LogP contribution in [-0.4, -0.2) is 110 Å². The van der Waals surface area contributed by atoms with E-state index in [1.807, 2.05) is 23.1 Å². The maximum atomic E-state index is 13.4. The molecule has 2 saturated heterocycles. The second-order valence-electron chi connectivity index (χ2n) is 15.4. The molecule has 57 heavy (non-hydrogen) atoms. The molecule has 1 saturated carbocycles. The molecule has 1 aliphatic carbocycles. The fourth-order valence-corrected chi connectivity index (χ4v) is 8.98. The van der Waals surface area contributed by atoms with Crippen molar-refractivity contribution in [3.05, 3.63) is 65.6 Å². The summed E-state index contributed by atoms with van der Waals surface area (Å²) in [5.74, 6) is -1.24. The van der Waals surface area contributed by atoms with Gasteiger partial charge in [0.1, 0.15) is 23.2 Å². The topological polar surface area (TPSA) is 204 Å². The summed E-state index contributed by atoms with van der Waals surface area (Å²) < 4.78 is 2.15. The molecule has 5 aliphatic rings. The lowest BCUT2D eigenvalue weighted by molar-refractivity contribution is -0.136. The van der Waals surface area contributed by atoms with Gasteiger partial charge in [-0.05, 0) is 56.0 Å². The molecule has 4 N–H and O–H groups in total. The maximum Gasteiger partial charge on any atom is 0.268 e. The van der Waals surface area contributed by atoms with E-state index in [2.05, 4.69) is 40.7 Å². The van der Waals surface area contributed by atoms with Crippen LogP contribution in [-0.2, 0) is 19.9 Å². The van der Waals surface area contributed by atoms with E-state index in [4.69, 9.17) is 4.98 Å². The molecule has 6 amide bonds. The molecule has 7 heterocycles. The molecule has 4 aromatic rings. The monoisotopic (exact) mass is 773 g/mol. The van der Waals surface area contributed by atoms with Crippen LogP contribution in [0.3, 0.4) is 0 Å². The van der Waals surface area contributed by atoms with Crippen molar-refractivity contribution >= 4 is 69.6 Å². The number of piperazine rings is 1. The van der Waals surface area contributed by atoms with Crippen LogP contribution in [0.4, 0.5) is 23.1 Å². The fraction of sp³-hybridized carbons (Fsp3) is 0.425. The largest absolute Gasteiger partial charge is 0.384 e. The van der Waals surface area contributed by atoms with Crippen molar-refractivity contribution in [2.24, 2.45) is 0 Å². The first-order valence-electron chi connectivity index (χ1n) is 19.7.